The van der Waals surface area contributed by atoms with Crippen molar-refractivity contribution < 1.29 is 4.79 Å². The number of hydrogen-bond acceptors (Lipinski definition) is 4. The molecule has 1 unspecified atom stereocenters. The molecule has 0 radical (unpaired) electrons. The molecule has 1 amide bonds. The van der Waals surface area contributed by atoms with Gasteiger partial charge in [0, 0.05) is 24.7 Å². The minimum Gasteiger partial charge on any atom is -0.354 e. The topological polar surface area (TPSA) is 112 Å². The quantitative estimate of drug-likeness (QED) is 0.685. The summed E-state index contributed by atoms with van der Waals surface area (Å²) in [5.74, 6) is 0.351. The van der Waals surface area contributed by atoms with Crippen molar-refractivity contribution in [2.24, 2.45) is 5.73 Å². The van der Waals surface area contributed by atoms with E-state index >= 15 is 0 Å². The summed E-state index contributed by atoms with van der Waals surface area (Å²) in [6.07, 6.45) is 0.713. The number of amides is 1. The summed E-state index contributed by atoms with van der Waals surface area (Å²) in [4.78, 5) is 26.7. The molecular weight excluding hydrogens is 352 g/mol. The summed E-state index contributed by atoms with van der Waals surface area (Å²) < 4.78 is 0. The summed E-state index contributed by atoms with van der Waals surface area (Å²) in [6.45, 7) is 8.15. The molecule has 6 nitrogen and oxygen atoms in total. The maximum absolute atomic E-state index is 12.2. The molecule has 1 atom stereocenters. The predicted molar refractivity (Wildman–Crippen MR) is 110 cm³/mol. The number of pyridine rings is 1. The zero-order valence-electron chi connectivity index (χ0n) is 16.9. The summed E-state index contributed by atoms with van der Waals surface area (Å²) in [5, 5.41) is 12.0. The monoisotopic (exact) mass is 380 g/mol. The van der Waals surface area contributed by atoms with Crippen LogP contribution in [0.25, 0.3) is 0 Å². The SMILES string of the molecule is Cc1[nH]c(=O)c(C#N)c(C)c1CCC(=O)NCC(N)c1ccc(C(C)C)cc1. The first kappa shape index (κ1) is 21.4. The van der Waals surface area contributed by atoms with Crippen molar-refractivity contribution in [1.82, 2.24) is 10.3 Å². The van der Waals surface area contributed by atoms with Crippen LogP contribution in [0.4, 0.5) is 0 Å². The van der Waals surface area contributed by atoms with E-state index in [2.05, 4.69) is 36.3 Å². The number of aryl methyl sites for hydroxylation is 1. The number of rotatable bonds is 7. The van der Waals surface area contributed by atoms with E-state index in [9.17, 15) is 9.59 Å². The maximum atomic E-state index is 12.2. The van der Waals surface area contributed by atoms with Gasteiger partial charge in [0.1, 0.15) is 11.6 Å². The van der Waals surface area contributed by atoms with E-state index in [1.807, 2.05) is 18.2 Å². The van der Waals surface area contributed by atoms with Crippen LogP contribution in [0, 0.1) is 25.2 Å². The lowest BCUT2D eigenvalue weighted by atomic mass is 9.98. The van der Waals surface area contributed by atoms with Gasteiger partial charge in [0.15, 0.2) is 0 Å². The van der Waals surface area contributed by atoms with E-state index in [-0.39, 0.29) is 29.5 Å². The van der Waals surface area contributed by atoms with E-state index in [0.717, 1.165) is 11.1 Å². The Labute approximate surface area is 165 Å². The minimum absolute atomic E-state index is 0.105. The normalized spacial score (nSPS) is 11.9. The van der Waals surface area contributed by atoms with Gasteiger partial charge >= 0.3 is 0 Å². The highest BCUT2D eigenvalue weighted by atomic mass is 16.1. The van der Waals surface area contributed by atoms with Crippen molar-refractivity contribution in [2.75, 3.05) is 6.54 Å². The van der Waals surface area contributed by atoms with Crippen LogP contribution in [0.15, 0.2) is 29.1 Å². The first-order valence-electron chi connectivity index (χ1n) is 9.49. The third-order valence-corrected chi connectivity index (χ3v) is 5.07. The van der Waals surface area contributed by atoms with Gasteiger partial charge in [0.2, 0.25) is 5.91 Å². The third-order valence-electron chi connectivity index (χ3n) is 5.07. The largest absolute Gasteiger partial charge is 0.354 e. The van der Waals surface area contributed by atoms with Gasteiger partial charge < -0.3 is 16.0 Å². The maximum Gasteiger partial charge on any atom is 0.266 e. The molecule has 0 aliphatic rings. The molecule has 0 saturated carbocycles. The molecule has 0 saturated heterocycles. The number of carbonyl (C=O) groups excluding carboxylic acids is 1. The average Bonchev–Trinajstić information content (AvgIpc) is 2.66. The zero-order valence-corrected chi connectivity index (χ0v) is 16.9. The van der Waals surface area contributed by atoms with Crippen LogP contribution in [-0.2, 0) is 11.2 Å². The number of carbonyl (C=O) groups is 1. The number of hydrogen-bond donors (Lipinski definition) is 3. The molecule has 2 rings (SSSR count). The molecule has 0 spiro atoms. The molecule has 0 fully saturated rings. The van der Waals surface area contributed by atoms with Gasteiger partial charge in [0.25, 0.3) is 5.56 Å². The number of aromatic nitrogens is 1. The van der Waals surface area contributed by atoms with Crippen LogP contribution in [0.5, 0.6) is 0 Å². The number of nitrogens with zero attached hydrogens (tertiary/aromatic N) is 1. The standard InChI is InChI=1S/C22H28N4O2/c1-13(2)16-5-7-17(8-6-16)20(24)12-25-21(27)10-9-18-14(3)19(11-23)22(28)26-15(18)4/h5-8,13,20H,9-10,12,24H2,1-4H3,(H,25,27)(H,26,28). The third kappa shape index (κ3) is 5.08. The van der Waals surface area contributed by atoms with Crippen molar-refractivity contribution >= 4 is 5.91 Å². The molecule has 0 aliphatic carbocycles. The molecular formula is C22H28N4O2. The lowest BCUT2D eigenvalue weighted by molar-refractivity contribution is -0.121. The Hall–Kier alpha value is -2.91. The molecule has 1 heterocycles. The average molecular weight is 380 g/mol. The van der Waals surface area contributed by atoms with Crippen LogP contribution in [0.1, 0.15) is 65.7 Å². The highest BCUT2D eigenvalue weighted by molar-refractivity contribution is 5.76. The zero-order chi connectivity index (χ0) is 20.8. The lowest BCUT2D eigenvalue weighted by Crippen LogP contribution is -2.32. The van der Waals surface area contributed by atoms with Gasteiger partial charge in [-0.1, -0.05) is 38.1 Å². The molecule has 0 aliphatic heterocycles. The number of H-pyrrole nitrogens is 1. The molecule has 148 valence electrons. The summed E-state index contributed by atoms with van der Waals surface area (Å²) in [6, 6.07) is 9.79. The molecule has 1 aromatic heterocycles. The van der Waals surface area contributed by atoms with Crippen molar-refractivity contribution in [2.45, 2.75) is 52.5 Å². The molecule has 28 heavy (non-hydrogen) atoms. The van der Waals surface area contributed by atoms with Gasteiger partial charge in [-0.3, -0.25) is 9.59 Å². The van der Waals surface area contributed by atoms with Crippen LogP contribution >= 0.6 is 0 Å². The van der Waals surface area contributed by atoms with E-state index in [4.69, 9.17) is 11.0 Å². The van der Waals surface area contributed by atoms with E-state index in [1.165, 1.54) is 5.56 Å². The number of nitrogens with one attached hydrogen (secondary N) is 2. The van der Waals surface area contributed by atoms with Gasteiger partial charge in [-0.2, -0.15) is 5.26 Å². The lowest BCUT2D eigenvalue weighted by Gasteiger charge is -2.15. The van der Waals surface area contributed by atoms with E-state index in [1.54, 1.807) is 13.8 Å². The van der Waals surface area contributed by atoms with E-state index in [0.29, 0.717) is 30.1 Å². The van der Waals surface area contributed by atoms with Gasteiger partial charge in [0.05, 0.1) is 0 Å². The first-order valence-corrected chi connectivity index (χ1v) is 9.49. The predicted octanol–water partition coefficient (Wildman–Crippen LogP) is 2.74. The van der Waals surface area contributed by atoms with Crippen molar-refractivity contribution in [3.63, 3.8) is 0 Å². The Kier molecular flexibility index (Phi) is 7.13. The molecule has 1 aromatic carbocycles. The molecule has 6 heteroatoms. The fraction of sp³-hybridized carbons (Fsp3) is 0.409. The van der Waals surface area contributed by atoms with E-state index < -0.39 is 0 Å². The fourth-order valence-corrected chi connectivity index (χ4v) is 3.22. The fourth-order valence-electron chi connectivity index (χ4n) is 3.22. The Morgan fingerprint density at radius 1 is 1.21 bits per heavy atom. The van der Waals surface area contributed by atoms with Crippen molar-refractivity contribution in [1.29, 1.82) is 5.26 Å². The Morgan fingerprint density at radius 2 is 1.82 bits per heavy atom. The summed E-state index contributed by atoms with van der Waals surface area (Å²) >= 11 is 0. The molecule has 0 bridgehead atoms. The van der Waals surface area contributed by atoms with Crippen LogP contribution in [0.3, 0.4) is 0 Å². The smallest absolute Gasteiger partial charge is 0.266 e. The van der Waals surface area contributed by atoms with Gasteiger partial charge in [-0.05, 0) is 48.4 Å². The highest BCUT2D eigenvalue weighted by Gasteiger charge is 2.14. The number of nitriles is 1. The van der Waals surface area contributed by atoms with Crippen molar-refractivity contribution in [3.8, 4) is 6.07 Å². The summed E-state index contributed by atoms with van der Waals surface area (Å²) in [5.41, 5.74) is 10.3. The second-order valence-electron chi connectivity index (χ2n) is 7.40. The Morgan fingerprint density at radius 3 is 2.39 bits per heavy atom. The van der Waals surface area contributed by atoms with Crippen LogP contribution in [0.2, 0.25) is 0 Å². The second-order valence-corrected chi connectivity index (χ2v) is 7.40. The number of nitrogens with two attached hydrogens (primary N) is 1. The number of benzene rings is 1. The summed E-state index contributed by atoms with van der Waals surface area (Å²) in [7, 11) is 0. The minimum atomic E-state index is -0.389. The van der Waals surface area contributed by atoms with Crippen LogP contribution < -0.4 is 16.6 Å². The molecule has 2 aromatic rings. The van der Waals surface area contributed by atoms with Gasteiger partial charge in [-0.25, -0.2) is 0 Å². The Bertz CT molecular complexity index is 937. The first-order chi connectivity index (χ1) is 13.2. The Balaban J connectivity index is 1.93. The second kappa shape index (κ2) is 9.34. The highest BCUT2D eigenvalue weighted by Crippen LogP contribution is 2.18. The van der Waals surface area contributed by atoms with Gasteiger partial charge in [-0.15, -0.1) is 0 Å². The molecule has 4 N–H and O–H groups in total. The van der Waals surface area contributed by atoms with Crippen molar-refractivity contribution in [3.05, 3.63) is 68.1 Å². The number of aromatic amines is 1. The van der Waals surface area contributed by atoms with Crippen LogP contribution in [-0.4, -0.2) is 17.4 Å².